The Morgan fingerprint density at radius 2 is 1.86 bits per heavy atom. The van der Waals surface area contributed by atoms with Gasteiger partial charge in [-0.3, -0.25) is 0 Å². The van der Waals surface area contributed by atoms with E-state index in [9.17, 15) is 0 Å². The predicted octanol–water partition coefficient (Wildman–Crippen LogP) is 3.06. The molecule has 2 nitrogen and oxygen atoms in total. The summed E-state index contributed by atoms with van der Waals surface area (Å²) in [5.41, 5.74) is 2.61. The number of piperidine rings is 1. The van der Waals surface area contributed by atoms with E-state index in [0.717, 1.165) is 30.7 Å². The molecule has 0 saturated carbocycles. The van der Waals surface area contributed by atoms with Gasteiger partial charge in [-0.25, -0.2) is 0 Å². The van der Waals surface area contributed by atoms with Crippen molar-refractivity contribution in [3.8, 4) is 5.75 Å². The van der Waals surface area contributed by atoms with Crippen LogP contribution in [-0.4, -0.2) is 26.2 Å². The number of hydrogen-bond acceptors (Lipinski definition) is 1. The smallest absolute Gasteiger partial charge is 0.137 e. The standard InChI is InChI=1S/C19H31NO/c1-14(2)18-7-6-15(3)11-19(18)21-9-8-20-12-16(4)10-17(5)13-20/h6-7,11,14,16-17H,8-10,12-13H2,1-5H3/p+1/t16-,17-/m0/s1. The summed E-state index contributed by atoms with van der Waals surface area (Å²) in [6.45, 7) is 15.9. The quantitative estimate of drug-likeness (QED) is 0.880. The summed E-state index contributed by atoms with van der Waals surface area (Å²) in [6, 6.07) is 6.58. The molecule has 0 amide bonds. The highest BCUT2D eigenvalue weighted by Gasteiger charge is 2.24. The Hall–Kier alpha value is -1.02. The van der Waals surface area contributed by atoms with Gasteiger partial charge in [0.25, 0.3) is 0 Å². The van der Waals surface area contributed by atoms with Gasteiger partial charge in [0.1, 0.15) is 18.9 Å². The van der Waals surface area contributed by atoms with Gasteiger partial charge in [-0.15, -0.1) is 0 Å². The van der Waals surface area contributed by atoms with Crippen LogP contribution in [-0.2, 0) is 0 Å². The molecule has 2 heteroatoms. The summed E-state index contributed by atoms with van der Waals surface area (Å²) < 4.78 is 6.13. The first-order valence-corrected chi connectivity index (χ1v) is 8.52. The lowest BCUT2D eigenvalue weighted by Crippen LogP contribution is -3.14. The zero-order valence-electron chi connectivity index (χ0n) is 14.4. The van der Waals surface area contributed by atoms with E-state index in [2.05, 4.69) is 52.8 Å². The van der Waals surface area contributed by atoms with Gasteiger partial charge in [-0.2, -0.15) is 0 Å². The van der Waals surface area contributed by atoms with Crippen molar-refractivity contribution in [2.45, 2.75) is 47.0 Å². The fourth-order valence-electron chi connectivity index (χ4n) is 3.68. The Labute approximate surface area is 130 Å². The molecule has 118 valence electrons. The molecule has 2 rings (SSSR count). The van der Waals surface area contributed by atoms with Crippen molar-refractivity contribution < 1.29 is 9.64 Å². The SMILES string of the molecule is Cc1ccc(C(C)C)c(OCC[NH+]2C[C@@H](C)C[C@H](C)C2)c1. The molecule has 1 aliphatic heterocycles. The summed E-state index contributed by atoms with van der Waals surface area (Å²) in [4.78, 5) is 1.71. The van der Waals surface area contributed by atoms with Crippen LogP contribution in [0, 0.1) is 18.8 Å². The van der Waals surface area contributed by atoms with Crippen LogP contribution in [0.1, 0.15) is 51.2 Å². The van der Waals surface area contributed by atoms with Gasteiger partial charge in [0.2, 0.25) is 0 Å². The molecular formula is C19H32NO+. The lowest BCUT2D eigenvalue weighted by atomic mass is 9.92. The molecule has 1 aromatic carbocycles. The third kappa shape index (κ3) is 4.74. The molecule has 1 saturated heterocycles. The molecule has 0 bridgehead atoms. The second kappa shape index (κ2) is 7.31. The molecule has 1 aliphatic rings. The predicted molar refractivity (Wildman–Crippen MR) is 89.3 cm³/mol. The summed E-state index contributed by atoms with van der Waals surface area (Å²) in [7, 11) is 0. The van der Waals surface area contributed by atoms with E-state index in [1.807, 2.05) is 0 Å². The van der Waals surface area contributed by atoms with Crippen molar-refractivity contribution in [1.82, 2.24) is 0 Å². The van der Waals surface area contributed by atoms with Gasteiger partial charge in [0, 0.05) is 11.8 Å². The normalized spacial score (nSPS) is 26.1. The zero-order valence-corrected chi connectivity index (χ0v) is 14.4. The monoisotopic (exact) mass is 290 g/mol. The maximum Gasteiger partial charge on any atom is 0.137 e. The number of nitrogens with one attached hydrogen (secondary N) is 1. The second-order valence-corrected chi connectivity index (χ2v) is 7.40. The number of likely N-dealkylation sites (tertiary alicyclic amines) is 1. The van der Waals surface area contributed by atoms with Crippen molar-refractivity contribution in [3.63, 3.8) is 0 Å². The van der Waals surface area contributed by atoms with E-state index in [1.54, 1.807) is 4.90 Å². The third-order valence-corrected chi connectivity index (χ3v) is 4.58. The van der Waals surface area contributed by atoms with Crippen LogP contribution in [0.3, 0.4) is 0 Å². The lowest BCUT2D eigenvalue weighted by Gasteiger charge is -2.32. The Kier molecular flexibility index (Phi) is 5.69. The molecule has 1 heterocycles. The highest BCUT2D eigenvalue weighted by molar-refractivity contribution is 5.39. The molecule has 1 fully saturated rings. The number of hydrogen-bond donors (Lipinski definition) is 1. The number of rotatable bonds is 5. The third-order valence-electron chi connectivity index (χ3n) is 4.58. The van der Waals surface area contributed by atoms with E-state index in [4.69, 9.17) is 4.74 Å². The molecule has 0 unspecified atom stereocenters. The molecule has 0 aliphatic carbocycles. The van der Waals surface area contributed by atoms with Crippen LogP contribution < -0.4 is 9.64 Å². The van der Waals surface area contributed by atoms with Gasteiger partial charge in [-0.1, -0.05) is 39.8 Å². The van der Waals surface area contributed by atoms with Crippen LogP contribution >= 0.6 is 0 Å². The van der Waals surface area contributed by atoms with Crippen molar-refractivity contribution in [2.24, 2.45) is 11.8 Å². The average Bonchev–Trinajstić information content (AvgIpc) is 2.37. The summed E-state index contributed by atoms with van der Waals surface area (Å²) in [5.74, 6) is 3.31. The number of benzene rings is 1. The second-order valence-electron chi connectivity index (χ2n) is 7.40. The van der Waals surface area contributed by atoms with Gasteiger partial charge >= 0.3 is 0 Å². The maximum absolute atomic E-state index is 6.13. The first kappa shape index (κ1) is 16.4. The minimum atomic E-state index is 0.517. The molecule has 21 heavy (non-hydrogen) atoms. The van der Waals surface area contributed by atoms with E-state index in [0.29, 0.717) is 5.92 Å². The summed E-state index contributed by atoms with van der Waals surface area (Å²) in [5, 5.41) is 0. The molecule has 1 N–H and O–H groups in total. The highest BCUT2D eigenvalue weighted by Crippen LogP contribution is 2.27. The Morgan fingerprint density at radius 1 is 1.19 bits per heavy atom. The van der Waals surface area contributed by atoms with Crippen LogP contribution in [0.2, 0.25) is 0 Å². The van der Waals surface area contributed by atoms with Gasteiger partial charge in [-0.05, 0) is 36.5 Å². The average molecular weight is 290 g/mol. The van der Waals surface area contributed by atoms with E-state index in [-0.39, 0.29) is 0 Å². The van der Waals surface area contributed by atoms with Gasteiger partial charge < -0.3 is 9.64 Å². The molecule has 0 radical (unpaired) electrons. The number of ether oxygens (including phenoxy) is 1. The number of quaternary nitrogens is 1. The molecule has 0 spiro atoms. The lowest BCUT2D eigenvalue weighted by molar-refractivity contribution is -0.912. The first-order chi connectivity index (χ1) is 9.95. The zero-order chi connectivity index (χ0) is 15.4. The van der Waals surface area contributed by atoms with E-state index >= 15 is 0 Å². The van der Waals surface area contributed by atoms with E-state index in [1.165, 1.54) is 30.6 Å². The van der Waals surface area contributed by atoms with Crippen molar-refractivity contribution >= 4 is 0 Å². The van der Waals surface area contributed by atoms with Crippen LogP contribution in [0.25, 0.3) is 0 Å². The Bertz CT molecular complexity index is 445. The Balaban J connectivity index is 1.90. The summed E-state index contributed by atoms with van der Waals surface area (Å²) in [6.07, 6.45) is 1.39. The van der Waals surface area contributed by atoms with E-state index < -0.39 is 0 Å². The highest BCUT2D eigenvalue weighted by atomic mass is 16.5. The number of aryl methyl sites for hydroxylation is 1. The van der Waals surface area contributed by atoms with Crippen LogP contribution in [0.15, 0.2) is 18.2 Å². The van der Waals surface area contributed by atoms with Crippen molar-refractivity contribution in [2.75, 3.05) is 26.2 Å². The molecule has 2 atom stereocenters. The van der Waals surface area contributed by atoms with Crippen LogP contribution in [0.4, 0.5) is 0 Å². The van der Waals surface area contributed by atoms with Gasteiger partial charge in [0.05, 0.1) is 13.1 Å². The fourth-order valence-corrected chi connectivity index (χ4v) is 3.68. The molecule has 1 aromatic rings. The van der Waals surface area contributed by atoms with Crippen LogP contribution in [0.5, 0.6) is 5.75 Å². The minimum absolute atomic E-state index is 0.517. The topological polar surface area (TPSA) is 13.7 Å². The molecular weight excluding hydrogens is 258 g/mol. The minimum Gasteiger partial charge on any atom is -0.487 e. The largest absolute Gasteiger partial charge is 0.487 e. The Morgan fingerprint density at radius 3 is 2.48 bits per heavy atom. The van der Waals surface area contributed by atoms with Crippen molar-refractivity contribution in [1.29, 1.82) is 0 Å². The summed E-state index contributed by atoms with van der Waals surface area (Å²) >= 11 is 0. The first-order valence-electron chi connectivity index (χ1n) is 8.52. The molecule has 0 aromatic heterocycles. The van der Waals surface area contributed by atoms with Gasteiger partial charge in [0.15, 0.2) is 0 Å². The maximum atomic E-state index is 6.13. The van der Waals surface area contributed by atoms with Crippen molar-refractivity contribution in [3.05, 3.63) is 29.3 Å². The fraction of sp³-hybridized carbons (Fsp3) is 0.684.